The van der Waals surface area contributed by atoms with Crippen LogP contribution in [0.5, 0.6) is 0 Å². The number of rotatable bonds is 2. The fourth-order valence-corrected chi connectivity index (χ4v) is 1.50. The van der Waals surface area contributed by atoms with E-state index >= 15 is 0 Å². The number of H-pyrrole nitrogens is 1. The number of carbonyl (C=O) groups is 1. The van der Waals surface area contributed by atoms with Crippen molar-refractivity contribution in [2.24, 2.45) is 0 Å². The molecule has 0 bridgehead atoms. The molecular weight excluding hydrogens is 215 g/mol. The number of esters is 1. The first kappa shape index (κ1) is 13.1. The van der Waals surface area contributed by atoms with Crippen molar-refractivity contribution in [3.8, 4) is 0 Å². The van der Waals surface area contributed by atoms with Gasteiger partial charge in [-0.05, 0) is 25.1 Å². The van der Waals surface area contributed by atoms with Gasteiger partial charge in [-0.2, -0.15) is 0 Å². The number of aromatic amines is 1. The van der Waals surface area contributed by atoms with Crippen LogP contribution in [0, 0.1) is 0 Å². The van der Waals surface area contributed by atoms with Crippen molar-refractivity contribution in [1.29, 1.82) is 0 Å². The second-order valence-electron chi connectivity index (χ2n) is 3.22. The van der Waals surface area contributed by atoms with Crippen molar-refractivity contribution in [3.63, 3.8) is 0 Å². The second kappa shape index (κ2) is 5.39. The van der Waals surface area contributed by atoms with Crippen molar-refractivity contribution < 1.29 is 9.53 Å². The van der Waals surface area contributed by atoms with Crippen molar-refractivity contribution in [3.05, 3.63) is 30.0 Å². The van der Waals surface area contributed by atoms with E-state index in [0.717, 1.165) is 10.9 Å². The van der Waals surface area contributed by atoms with Crippen molar-refractivity contribution >= 4 is 52.1 Å². The third-order valence-electron chi connectivity index (χ3n) is 2.22. The van der Waals surface area contributed by atoms with Crippen LogP contribution in [0.4, 0.5) is 5.69 Å². The molecule has 0 unspecified atom stereocenters. The fourth-order valence-electron chi connectivity index (χ4n) is 1.50. The van der Waals surface area contributed by atoms with Crippen molar-refractivity contribution in [1.82, 2.24) is 4.98 Å². The van der Waals surface area contributed by atoms with Gasteiger partial charge in [-0.15, -0.1) is 0 Å². The van der Waals surface area contributed by atoms with Crippen LogP contribution in [0.2, 0.25) is 0 Å². The number of fused-ring (bicyclic) bond motifs is 1. The Labute approximate surface area is 115 Å². The minimum Gasteiger partial charge on any atom is -0.462 e. The van der Waals surface area contributed by atoms with Crippen LogP contribution in [0.15, 0.2) is 24.4 Å². The van der Waals surface area contributed by atoms with Crippen molar-refractivity contribution in [2.45, 2.75) is 6.92 Å². The topological polar surface area (TPSA) is 68.1 Å². The van der Waals surface area contributed by atoms with E-state index < -0.39 is 0 Å². The Morgan fingerprint density at radius 3 is 2.94 bits per heavy atom. The molecule has 0 atom stereocenters. The Hall–Kier alpha value is -0.970. The molecular formula is C11H12N2NaO2. The SMILES string of the molecule is CCOC(=O)c1cc2cc[nH]c2cc1N.[Na]. The number of anilines is 1. The van der Waals surface area contributed by atoms with E-state index in [1.807, 2.05) is 6.07 Å². The van der Waals surface area contributed by atoms with Crippen LogP contribution in [-0.2, 0) is 4.74 Å². The molecule has 1 heterocycles. The van der Waals surface area contributed by atoms with Crippen LogP contribution in [0.1, 0.15) is 17.3 Å². The van der Waals surface area contributed by atoms with Gasteiger partial charge >= 0.3 is 5.97 Å². The van der Waals surface area contributed by atoms with E-state index in [2.05, 4.69) is 4.98 Å². The van der Waals surface area contributed by atoms with Gasteiger partial charge < -0.3 is 15.5 Å². The first-order valence-corrected chi connectivity index (χ1v) is 4.76. The van der Waals surface area contributed by atoms with Gasteiger partial charge in [-0.25, -0.2) is 4.79 Å². The first-order chi connectivity index (χ1) is 7.22. The van der Waals surface area contributed by atoms with Gasteiger partial charge in [0.2, 0.25) is 0 Å². The van der Waals surface area contributed by atoms with Gasteiger partial charge in [0.1, 0.15) is 0 Å². The molecule has 5 heteroatoms. The summed E-state index contributed by atoms with van der Waals surface area (Å²) in [7, 11) is 0. The van der Waals surface area contributed by atoms with Crippen LogP contribution in [0.25, 0.3) is 10.9 Å². The van der Waals surface area contributed by atoms with Crippen LogP contribution >= 0.6 is 0 Å². The summed E-state index contributed by atoms with van der Waals surface area (Å²) in [5, 5.41) is 0.951. The normalized spacial score (nSPS) is 9.81. The van der Waals surface area contributed by atoms with Gasteiger partial charge in [0.05, 0.1) is 12.2 Å². The standard InChI is InChI=1S/C11H12N2O2.Na/c1-2-15-11(14)8-5-7-3-4-13-10(7)6-9(8)12;/h3-6,13H,2,12H2,1H3;. The zero-order chi connectivity index (χ0) is 10.8. The zero-order valence-electron chi connectivity index (χ0n) is 9.41. The van der Waals surface area contributed by atoms with Crippen LogP contribution < -0.4 is 5.73 Å². The molecule has 0 aliphatic carbocycles. The predicted molar refractivity (Wildman–Crippen MR) is 64.4 cm³/mol. The average Bonchev–Trinajstić information content (AvgIpc) is 2.63. The van der Waals surface area contributed by atoms with Crippen molar-refractivity contribution in [2.75, 3.05) is 12.3 Å². The molecule has 0 aliphatic rings. The zero-order valence-corrected chi connectivity index (χ0v) is 11.4. The quantitative estimate of drug-likeness (QED) is 0.464. The second-order valence-corrected chi connectivity index (χ2v) is 3.22. The van der Waals surface area contributed by atoms with Gasteiger partial charge in [-0.3, -0.25) is 0 Å². The maximum absolute atomic E-state index is 11.5. The summed E-state index contributed by atoms with van der Waals surface area (Å²) in [6.45, 7) is 2.12. The smallest absolute Gasteiger partial charge is 0.340 e. The average molecular weight is 227 g/mol. The maximum atomic E-state index is 11.5. The molecule has 0 aliphatic heterocycles. The number of hydrogen-bond acceptors (Lipinski definition) is 3. The predicted octanol–water partition coefficient (Wildman–Crippen LogP) is 1.55. The van der Waals surface area contributed by atoms with Crippen LogP contribution in [0.3, 0.4) is 0 Å². The minimum atomic E-state index is -0.377. The summed E-state index contributed by atoms with van der Waals surface area (Å²) in [6.07, 6.45) is 1.80. The largest absolute Gasteiger partial charge is 0.462 e. The minimum absolute atomic E-state index is 0. The molecule has 1 radical (unpaired) electrons. The number of nitrogen functional groups attached to an aromatic ring is 1. The third-order valence-corrected chi connectivity index (χ3v) is 2.22. The molecule has 2 rings (SSSR count). The van der Waals surface area contributed by atoms with E-state index in [4.69, 9.17) is 10.5 Å². The summed E-state index contributed by atoms with van der Waals surface area (Å²) >= 11 is 0. The summed E-state index contributed by atoms with van der Waals surface area (Å²) < 4.78 is 4.91. The molecule has 0 fully saturated rings. The fraction of sp³-hybridized carbons (Fsp3) is 0.182. The van der Waals surface area contributed by atoms with E-state index in [9.17, 15) is 4.79 Å². The third kappa shape index (κ3) is 2.40. The molecule has 0 saturated heterocycles. The maximum Gasteiger partial charge on any atom is 0.340 e. The molecule has 0 saturated carbocycles. The molecule has 4 nitrogen and oxygen atoms in total. The van der Waals surface area contributed by atoms with Gasteiger partial charge in [0.15, 0.2) is 0 Å². The number of ether oxygens (including phenoxy) is 1. The Bertz CT molecular complexity index is 508. The molecule has 1 aromatic carbocycles. The Balaban J connectivity index is 0.00000128. The van der Waals surface area contributed by atoms with E-state index in [1.54, 1.807) is 25.3 Å². The van der Waals surface area contributed by atoms with E-state index in [0.29, 0.717) is 17.9 Å². The molecule has 79 valence electrons. The molecule has 3 N–H and O–H groups in total. The Morgan fingerprint density at radius 1 is 1.50 bits per heavy atom. The van der Waals surface area contributed by atoms with Gasteiger partial charge in [0.25, 0.3) is 0 Å². The molecule has 16 heavy (non-hydrogen) atoms. The van der Waals surface area contributed by atoms with Gasteiger partial charge in [0, 0.05) is 52.3 Å². The molecule has 0 spiro atoms. The Kier molecular flexibility index (Phi) is 4.41. The monoisotopic (exact) mass is 227 g/mol. The number of carbonyl (C=O) groups excluding carboxylic acids is 1. The molecule has 2 aromatic rings. The first-order valence-electron chi connectivity index (χ1n) is 4.76. The van der Waals surface area contributed by atoms with Gasteiger partial charge in [-0.1, -0.05) is 0 Å². The summed E-state index contributed by atoms with van der Waals surface area (Å²) in [5.74, 6) is -0.377. The Morgan fingerprint density at radius 2 is 2.25 bits per heavy atom. The summed E-state index contributed by atoms with van der Waals surface area (Å²) in [6, 6.07) is 5.36. The number of hydrogen-bond donors (Lipinski definition) is 2. The molecule has 0 amide bonds. The van der Waals surface area contributed by atoms with Crippen LogP contribution in [-0.4, -0.2) is 47.1 Å². The summed E-state index contributed by atoms with van der Waals surface area (Å²) in [5.41, 5.74) is 7.53. The number of nitrogens with two attached hydrogens (primary N) is 1. The summed E-state index contributed by atoms with van der Waals surface area (Å²) in [4.78, 5) is 14.5. The van der Waals surface area contributed by atoms with E-state index in [-0.39, 0.29) is 35.5 Å². The molecule has 1 aromatic heterocycles. The number of aromatic nitrogens is 1. The number of nitrogens with one attached hydrogen (secondary N) is 1. The number of benzene rings is 1. The van der Waals surface area contributed by atoms with E-state index in [1.165, 1.54) is 0 Å².